The molecule has 0 spiro atoms. The van der Waals surface area contributed by atoms with E-state index in [9.17, 15) is 22.8 Å². The van der Waals surface area contributed by atoms with E-state index >= 15 is 0 Å². The molecule has 178 valence electrons. The first-order chi connectivity index (χ1) is 15.6. The first-order valence-corrected chi connectivity index (χ1v) is 12.2. The summed E-state index contributed by atoms with van der Waals surface area (Å²) in [6.07, 6.45) is 3.01. The number of carbonyl (C=O) groups is 3. The maximum absolute atomic E-state index is 12.5. The van der Waals surface area contributed by atoms with Crippen LogP contribution in [0.25, 0.3) is 0 Å². The van der Waals surface area contributed by atoms with Crippen molar-refractivity contribution in [1.29, 1.82) is 0 Å². The van der Waals surface area contributed by atoms with Gasteiger partial charge in [0.1, 0.15) is 5.69 Å². The van der Waals surface area contributed by atoms with Crippen LogP contribution in [0.2, 0.25) is 0 Å². The average Bonchev–Trinajstić information content (AvgIpc) is 2.79. The lowest BCUT2D eigenvalue weighted by molar-refractivity contribution is -0.121. The highest BCUT2D eigenvalue weighted by molar-refractivity contribution is 7.90. The third kappa shape index (κ3) is 8.30. The molecule has 33 heavy (non-hydrogen) atoms. The number of amides is 2. The minimum atomic E-state index is -4.12. The van der Waals surface area contributed by atoms with Gasteiger partial charge in [-0.25, -0.2) is 22.9 Å². The second-order valence-electron chi connectivity index (χ2n) is 7.86. The van der Waals surface area contributed by atoms with Gasteiger partial charge in [-0.15, -0.1) is 0 Å². The average molecular weight is 476 g/mol. The van der Waals surface area contributed by atoms with Crippen molar-refractivity contribution in [3.05, 3.63) is 59.4 Å². The Labute approximate surface area is 194 Å². The Kier molecular flexibility index (Phi) is 9.53. The summed E-state index contributed by atoms with van der Waals surface area (Å²) in [7, 11) is -4.12. The van der Waals surface area contributed by atoms with Crippen molar-refractivity contribution >= 4 is 27.8 Å². The summed E-state index contributed by atoms with van der Waals surface area (Å²) >= 11 is 0. The van der Waals surface area contributed by atoms with Crippen molar-refractivity contribution in [3.63, 3.8) is 0 Å². The van der Waals surface area contributed by atoms with Gasteiger partial charge in [0.05, 0.1) is 17.1 Å². The zero-order chi connectivity index (χ0) is 24.4. The predicted molar refractivity (Wildman–Crippen MR) is 122 cm³/mol. The van der Waals surface area contributed by atoms with Crippen molar-refractivity contribution in [1.82, 2.24) is 15.0 Å². The molecule has 2 amide bonds. The van der Waals surface area contributed by atoms with Gasteiger partial charge >= 0.3 is 5.97 Å². The quantitative estimate of drug-likeness (QED) is 0.478. The van der Waals surface area contributed by atoms with Gasteiger partial charge in [-0.1, -0.05) is 32.9 Å². The Morgan fingerprint density at radius 3 is 2.33 bits per heavy atom. The fraction of sp³-hybridized carbons (Fsp3) is 0.391. The van der Waals surface area contributed by atoms with Crippen LogP contribution in [0.5, 0.6) is 0 Å². The first-order valence-electron chi connectivity index (χ1n) is 10.7. The van der Waals surface area contributed by atoms with Gasteiger partial charge in [0.25, 0.3) is 15.9 Å². The van der Waals surface area contributed by atoms with Crippen LogP contribution in [-0.4, -0.2) is 37.8 Å². The summed E-state index contributed by atoms with van der Waals surface area (Å²) in [6, 6.07) is 8.45. The Morgan fingerprint density at radius 2 is 1.76 bits per heavy atom. The fourth-order valence-electron chi connectivity index (χ4n) is 2.65. The summed E-state index contributed by atoms with van der Waals surface area (Å²) in [5.41, 5.74) is 0.731. The lowest BCUT2D eigenvalue weighted by Gasteiger charge is -2.09. The zero-order valence-electron chi connectivity index (χ0n) is 19.0. The normalized spacial score (nSPS) is 11.2. The number of hydrogen-bond donors (Lipinski definition) is 2. The van der Waals surface area contributed by atoms with Gasteiger partial charge in [-0.05, 0) is 48.6 Å². The number of benzene rings is 1. The van der Waals surface area contributed by atoms with Crippen LogP contribution in [0, 0.1) is 5.92 Å². The fourth-order valence-corrected chi connectivity index (χ4v) is 3.63. The van der Waals surface area contributed by atoms with Gasteiger partial charge in [0.15, 0.2) is 0 Å². The number of rotatable bonds is 11. The SMILES string of the molecule is CCCOC(=O)c1ccc(C(=O)NS(=O)(=O)c2ccc(CNC(=O)CCC(C)C)cc2)cn1. The van der Waals surface area contributed by atoms with Crippen molar-refractivity contribution < 1.29 is 27.5 Å². The molecule has 0 aliphatic carbocycles. The number of esters is 1. The van der Waals surface area contributed by atoms with Gasteiger partial charge in [0.2, 0.25) is 5.91 Å². The van der Waals surface area contributed by atoms with E-state index in [2.05, 4.69) is 10.3 Å². The van der Waals surface area contributed by atoms with E-state index in [0.717, 1.165) is 18.2 Å². The summed E-state index contributed by atoms with van der Waals surface area (Å²) < 4.78 is 32.0. The number of ether oxygens (including phenoxy) is 1. The van der Waals surface area contributed by atoms with Crippen molar-refractivity contribution in [3.8, 4) is 0 Å². The largest absolute Gasteiger partial charge is 0.461 e. The lowest BCUT2D eigenvalue weighted by Crippen LogP contribution is -2.30. The Bertz CT molecular complexity index is 1060. The molecule has 2 aromatic rings. The summed E-state index contributed by atoms with van der Waals surface area (Å²) in [5.74, 6) is -1.12. The number of carbonyl (C=O) groups excluding carboxylic acids is 3. The molecule has 2 N–H and O–H groups in total. The molecule has 9 nitrogen and oxygen atoms in total. The summed E-state index contributed by atoms with van der Waals surface area (Å²) in [4.78, 5) is 39.7. The number of sulfonamides is 1. The van der Waals surface area contributed by atoms with E-state index in [0.29, 0.717) is 18.8 Å². The standard InChI is InChI=1S/C23H29N3O6S/c1-4-13-32-23(29)20-11-8-18(15-24-20)22(28)26-33(30,31)19-9-6-17(7-10-19)14-25-21(27)12-5-16(2)3/h6-11,15-16H,4-5,12-14H2,1-3H3,(H,25,27)(H,26,28). The minimum Gasteiger partial charge on any atom is -0.461 e. The third-order valence-corrected chi connectivity index (χ3v) is 5.92. The van der Waals surface area contributed by atoms with Crippen LogP contribution in [0.1, 0.15) is 66.4 Å². The predicted octanol–water partition coefficient (Wildman–Crippen LogP) is 2.82. The van der Waals surface area contributed by atoms with Gasteiger partial charge in [-0.3, -0.25) is 9.59 Å². The second kappa shape index (κ2) is 12.1. The highest BCUT2D eigenvalue weighted by atomic mass is 32.2. The molecule has 0 atom stereocenters. The number of pyridine rings is 1. The van der Waals surface area contributed by atoms with Crippen molar-refractivity contribution in [2.45, 2.75) is 51.5 Å². The van der Waals surface area contributed by atoms with Crippen LogP contribution in [0.4, 0.5) is 0 Å². The van der Waals surface area contributed by atoms with Crippen LogP contribution < -0.4 is 10.0 Å². The maximum atomic E-state index is 12.5. The highest BCUT2D eigenvalue weighted by Gasteiger charge is 2.19. The van der Waals surface area contributed by atoms with E-state index in [-0.39, 0.29) is 35.2 Å². The Morgan fingerprint density at radius 1 is 1.06 bits per heavy atom. The zero-order valence-corrected chi connectivity index (χ0v) is 19.8. The van der Waals surface area contributed by atoms with Crippen LogP contribution >= 0.6 is 0 Å². The lowest BCUT2D eigenvalue weighted by atomic mass is 10.1. The van der Waals surface area contributed by atoms with Crippen molar-refractivity contribution in [2.24, 2.45) is 5.92 Å². The number of nitrogens with one attached hydrogen (secondary N) is 2. The molecule has 1 aromatic heterocycles. The number of aromatic nitrogens is 1. The van der Waals surface area contributed by atoms with Gasteiger partial charge in [0, 0.05) is 19.2 Å². The highest BCUT2D eigenvalue weighted by Crippen LogP contribution is 2.12. The monoisotopic (exact) mass is 475 g/mol. The molecule has 1 aromatic carbocycles. The van der Waals surface area contributed by atoms with E-state index < -0.39 is 21.9 Å². The summed E-state index contributed by atoms with van der Waals surface area (Å²) in [5, 5.41) is 2.79. The van der Waals surface area contributed by atoms with Gasteiger partial charge < -0.3 is 10.1 Å². The smallest absolute Gasteiger partial charge is 0.356 e. The van der Waals surface area contributed by atoms with E-state index in [1.807, 2.05) is 25.5 Å². The molecule has 0 aliphatic rings. The molecular weight excluding hydrogens is 446 g/mol. The van der Waals surface area contributed by atoms with Crippen molar-refractivity contribution in [2.75, 3.05) is 6.61 Å². The Hall–Kier alpha value is -3.27. The van der Waals surface area contributed by atoms with E-state index in [4.69, 9.17) is 4.74 Å². The Balaban J connectivity index is 1.96. The van der Waals surface area contributed by atoms with Crippen LogP contribution in [0.3, 0.4) is 0 Å². The minimum absolute atomic E-state index is 0.0219. The topological polar surface area (TPSA) is 132 Å². The molecule has 10 heteroatoms. The molecule has 0 aliphatic heterocycles. The molecule has 1 heterocycles. The van der Waals surface area contributed by atoms with E-state index in [1.54, 1.807) is 12.1 Å². The molecular formula is C23H29N3O6S. The second-order valence-corrected chi connectivity index (χ2v) is 9.54. The third-order valence-electron chi connectivity index (χ3n) is 4.57. The molecule has 0 unspecified atom stereocenters. The number of hydrogen-bond acceptors (Lipinski definition) is 7. The van der Waals surface area contributed by atoms with Crippen LogP contribution in [-0.2, 0) is 26.1 Å². The molecule has 0 fully saturated rings. The van der Waals surface area contributed by atoms with Crippen LogP contribution in [0.15, 0.2) is 47.5 Å². The molecule has 0 bridgehead atoms. The number of nitrogens with zero attached hydrogens (tertiary/aromatic N) is 1. The molecule has 0 saturated heterocycles. The maximum Gasteiger partial charge on any atom is 0.356 e. The van der Waals surface area contributed by atoms with Gasteiger partial charge in [-0.2, -0.15) is 0 Å². The molecule has 0 radical (unpaired) electrons. The van der Waals surface area contributed by atoms with E-state index in [1.165, 1.54) is 24.3 Å². The molecule has 0 saturated carbocycles. The summed E-state index contributed by atoms with van der Waals surface area (Å²) in [6.45, 7) is 6.48. The molecule has 2 rings (SSSR count). The first kappa shape index (κ1) is 26.0.